The molecule has 1 aliphatic heterocycles. The minimum Gasteiger partial charge on any atom is -0.393 e. The fourth-order valence-electron chi connectivity index (χ4n) is 3.08. The number of hydrogen-bond donors (Lipinski definition) is 2. The van der Waals surface area contributed by atoms with Crippen molar-refractivity contribution in [2.45, 2.75) is 71.9 Å². The maximum Gasteiger partial charge on any atom is 0.222 e. The summed E-state index contributed by atoms with van der Waals surface area (Å²) in [5.41, 5.74) is 0. The summed E-state index contributed by atoms with van der Waals surface area (Å²) in [4.78, 5) is 14.0. The maximum atomic E-state index is 12.0. The molecule has 4 nitrogen and oxygen atoms in total. The topological polar surface area (TPSA) is 52.6 Å². The van der Waals surface area contributed by atoms with Crippen LogP contribution in [-0.2, 0) is 4.79 Å². The van der Waals surface area contributed by atoms with E-state index in [1.165, 1.54) is 6.42 Å². The van der Waals surface area contributed by atoms with Gasteiger partial charge in [0, 0.05) is 25.6 Å². The molecule has 124 valence electrons. The summed E-state index contributed by atoms with van der Waals surface area (Å²) in [5, 5.41) is 13.5. The number of likely N-dealkylation sites (tertiary alicyclic amines) is 1. The third-order valence-corrected chi connectivity index (χ3v) is 4.42. The fraction of sp³-hybridized carbons (Fsp3) is 0.941. The lowest BCUT2D eigenvalue weighted by molar-refractivity contribution is -0.133. The Bertz CT molecular complexity index is 307. The molecule has 1 fully saturated rings. The van der Waals surface area contributed by atoms with E-state index in [0.717, 1.165) is 38.9 Å². The number of nitrogens with one attached hydrogen (secondary N) is 1. The Morgan fingerprint density at radius 1 is 1.33 bits per heavy atom. The van der Waals surface area contributed by atoms with Gasteiger partial charge >= 0.3 is 0 Å². The van der Waals surface area contributed by atoms with Gasteiger partial charge in [-0.15, -0.1) is 0 Å². The third-order valence-electron chi connectivity index (χ3n) is 4.42. The van der Waals surface area contributed by atoms with E-state index in [0.29, 0.717) is 24.3 Å². The zero-order chi connectivity index (χ0) is 15.8. The monoisotopic (exact) mass is 298 g/mol. The average Bonchev–Trinajstić information content (AvgIpc) is 2.45. The molecule has 3 atom stereocenters. The summed E-state index contributed by atoms with van der Waals surface area (Å²) in [6.45, 7) is 11.1. The van der Waals surface area contributed by atoms with Gasteiger partial charge in [0.25, 0.3) is 0 Å². The summed E-state index contributed by atoms with van der Waals surface area (Å²) in [6.07, 6.45) is 4.18. The molecule has 0 aliphatic carbocycles. The van der Waals surface area contributed by atoms with Crippen molar-refractivity contribution in [3.05, 3.63) is 0 Å². The van der Waals surface area contributed by atoms with E-state index in [1.807, 2.05) is 18.7 Å². The first-order valence-electron chi connectivity index (χ1n) is 8.65. The van der Waals surface area contributed by atoms with Crippen LogP contribution in [0.3, 0.4) is 0 Å². The fourth-order valence-corrected chi connectivity index (χ4v) is 3.08. The Morgan fingerprint density at radius 3 is 2.62 bits per heavy atom. The van der Waals surface area contributed by atoms with Gasteiger partial charge in [0.15, 0.2) is 0 Å². The summed E-state index contributed by atoms with van der Waals surface area (Å²) in [5.74, 6) is 1.36. The lowest BCUT2D eigenvalue weighted by atomic mass is 9.88. The van der Waals surface area contributed by atoms with Crippen LogP contribution >= 0.6 is 0 Å². The molecule has 3 unspecified atom stereocenters. The summed E-state index contributed by atoms with van der Waals surface area (Å²) < 4.78 is 0. The van der Waals surface area contributed by atoms with Crippen LogP contribution in [0.25, 0.3) is 0 Å². The SMILES string of the molecule is CCC(=O)N1CC(CC(O)CC)CC(NCCC(C)C)C1. The van der Waals surface area contributed by atoms with Crippen LogP contribution in [0.4, 0.5) is 0 Å². The zero-order valence-corrected chi connectivity index (χ0v) is 14.3. The first kappa shape index (κ1) is 18.4. The molecule has 2 N–H and O–H groups in total. The van der Waals surface area contributed by atoms with Crippen LogP contribution in [-0.4, -0.2) is 47.7 Å². The molecule has 21 heavy (non-hydrogen) atoms. The van der Waals surface area contributed by atoms with E-state index < -0.39 is 0 Å². The molecule has 1 amide bonds. The second kappa shape index (κ2) is 9.42. The van der Waals surface area contributed by atoms with E-state index in [9.17, 15) is 9.90 Å². The van der Waals surface area contributed by atoms with Gasteiger partial charge in [-0.25, -0.2) is 0 Å². The quantitative estimate of drug-likeness (QED) is 0.723. The molecule has 0 aromatic heterocycles. The Labute approximate surface area is 130 Å². The van der Waals surface area contributed by atoms with Crippen molar-refractivity contribution in [2.75, 3.05) is 19.6 Å². The van der Waals surface area contributed by atoms with E-state index in [1.54, 1.807) is 0 Å². The molecule has 0 bridgehead atoms. The number of nitrogens with zero attached hydrogens (tertiary/aromatic N) is 1. The zero-order valence-electron chi connectivity index (χ0n) is 14.3. The summed E-state index contributed by atoms with van der Waals surface area (Å²) in [6, 6.07) is 0.377. The highest BCUT2D eigenvalue weighted by atomic mass is 16.3. The predicted molar refractivity (Wildman–Crippen MR) is 87.1 cm³/mol. The molecular weight excluding hydrogens is 264 g/mol. The number of piperidine rings is 1. The lowest BCUT2D eigenvalue weighted by Gasteiger charge is -2.39. The molecule has 1 heterocycles. The molecule has 1 saturated heterocycles. The Hall–Kier alpha value is -0.610. The van der Waals surface area contributed by atoms with Crippen LogP contribution in [0.5, 0.6) is 0 Å². The van der Waals surface area contributed by atoms with Gasteiger partial charge in [0.05, 0.1) is 6.10 Å². The van der Waals surface area contributed by atoms with Crippen molar-refractivity contribution in [2.24, 2.45) is 11.8 Å². The second-order valence-electron chi connectivity index (χ2n) is 6.89. The molecule has 0 aromatic rings. The Kier molecular flexibility index (Phi) is 8.27. The van der Waals surface area contributed by atoms with E-state index >= 15 is 0 Å². The van der Waals surface area contributed by atoms with E-state index in [-0.39, 0.29) is 12.0 Å². The van der Waals surface area contributed by atoms with Crippen molar-refractivity contribution in [1.29, 1.82) is 0 Å². The van der Waals surface area contributed by atoms with Crippen LogP contribution in [0.1, 0.15) is 59.8 Å². The van der Waals surface area contributed by atoms with Gasteiger partial charge in [0.1, 0.15) is 0 Å². The molecule has 1 rings (SSSR count). The van der Waals surface area contributed by atoms with E-state index in [2.05, 4.69) is 19.2 Å². The van der Waals surface area contributed by atoms with Crippen molar-refractivity contribution in [3.8, 4) is 0 Å². The van der Waals surface area contributed by atoms with Gasteiger partial charge in [-0.05, 0) is 44.1 Å². The minimum absolute atomic E-state index is 0.233. The molecule has 0 radical (unpaired) electrons. The minimum atomic E-state index is -0.233. The van der Waals surface area contributed by atoms with Crippen molar-refractivity contribution in [3.63, 3.8) is 0 Å². The molecular formula is C17H34N2O2. The van der Waals surface area contributed by atoms with Crippen molar-refractivity contribution >= 4 is 5.91 Å². The number of aliphatic hydroxyl groups excluding tert-OH is 1. The number of hydrogen-bond acceptors (Lipinski definition) is 3. The summed E-state index contributed by atoms with van der Waals surface area (Å²) >= 11 is 0. The molecule has 4 heteroatoms. The Morgan fingerprint density at radius 2 is 2.05 bits per heavy atom. The normalized spacial score (nSPS) is 24.4. The number of aliphatic hydroxyl groups is 1. The van der Waals surface area contributed by atoms with Crippen LogP contribution in [0.15, 0.2) is 0 Å². The van der Waals surface area contributed by atoms with Gasteiger partial charge in [-0.1, -0.05) is 27.7 Å². The smallest absolute Gasteiger partial charge is 0.222 e. The molecule has 0 aromatic carbocycles. The second-order valence-corrected chi connectivity index (χ2v) is 6.89. The van der Waals surface area contributed by atoms with Crippen LogP contribution in [0, 0.1) is 11.8 Å². The lowest BCUT2D eigenvalue weighted by Crippen LogP contribution is -2.51. The van der Waals surface area contributed by atoms with Gasteiger partial charge < -0.3 is 15.3 Å². The average molecular weight is 298 g/mol. The van der Waals surface area contributed by atoms with Crippen molar-refractivity contribution in [1.82, 2.24) is 10.2 Å². The molecule has 0 spiro atoms. The number of carbonyl (C=O) groups is 1. The first-order chi connectivity index (χ1) is 9.96. The van der Waals surface area contributed by atoms with Gasteiger partial charge in [0.2, 0.25) is 5.91 Å². The number of carbonyl (C=O) groups excluding carboxylic acids is 1. The molecule has 0 saturated carbocycles. The largest absolute Gasteiger partial charge is 0.393 e. The highest BCUT2D eigenvalue weighted by molar-refractivity contribution is 5.76. The van der Waals surface area contributed by atoms with Crippen molar-refractivity contribution < 1.29 is 9.90 Å². The van der Waals surface area contributed by atoms with Gasteiger partial charge in [-0.3, -0.25) is 4.79 Å². The van der Waals surface area contributed by atoms with Crippen LogP contribution in [0.2, 0.25) is 0 Å². The number of amides is 1. The van der Waals surface area contributed by atoms with E-state index in [4.69, 9.17) is 0 Å². The summed E-state index contributed by atoms with van der Waals surface area (Å²) in [7, 11) is 0. The highest BCUT2D eigenvalue weighted by Crippen LogP contribution is 2.23. The Balaban J connectivity index is 2.54. The van der Waals surface area contributed by atoms with Gasteiger partial charge in [-0.2, -0.15) is 0 Å². The number of rotatable bonds is 8. The highest BCUT2D eigenvalue weighted by Gasteiger charge is 2.29. The standard InChI is InChI=1S/C17H34N2O2/c1-5-16(20)10-14-9-15(18-8-7-13(3)4)12-19(11-14)17(21)6-2/h13-16,18,20H,5-12H2,1-4H3. The molecule has 1 aliphatic rings. The predicted octanol–water partition coefficient (Wildman–Crippen LogP) is 2.41. The first-order valence-corrected chi connectivity index (χ1v) is 8.65. The van der Waals surface area contributed by atoms with Crippen LogP contribution < -0.4 is 5.32 Å². The maximum absolute atomic E-state index is 12.0. The third kappa shape index (κ3) is 6.79.